The molecule has 0 bridgehead atoms. The van der Waals surface area contributed by atoms with E-state index < -0.39 is 5.97 Å². The number of para-hydroxylation sites is 1. The summed E-state index contributed by atoms with van der Waals surface area (Å²) in [5.41, 5.74) is 3.31. The van der Waals surface area contributed by atoms with Crippen LogP contribution in [0.5, 0.6) is 11.5 Å². The van der Waals surface area contributed by atoms with E-state index in [0.717, 1.165) is 16.7 Å². The molecule has 1 heterocycles. The van der Waals surface area contributed by atoms with Crippen LogP contribution in [-0.4, -0.2) is 29.3 Å². The van der Waals surface area contributed by atoms with Crippen LogP contribution < -0.4 is 9.47 Å². The summed E-state index contributed by atoms with van der Waals surface area (Å²) in [5, 5.41) is 12.1. The normalized spacial score (nSPS) is 15.0. The minimum Gasteiger partial charge on any atom is -0.506 e. The summed E-state index contributed by atoms with van der Waals surface area (Å²) in [6.45, 7) is 8.47. The second-order valence-electron chi connectivity index (χ2n) is 8.66. The van der Waals surface area contributed by atoms with Crippen LogP contribution >= 0.6 is 23.4 Å². The second-order valence-corrected chi connectivity index (χ2v) is 10.1. The summed E-state index contributed by atoms with van der Waals surface area (Å²) in [5.74, 6) is 0.387. The number of nitrogens with zero attached hydrogens (tertiary/aromatic N) is 1. The third-order valence-electron chi connectivity index (χ3n) is 5.77. The van der Waals surface area contributed by atoms with Gasteiger partial charge < -0.3 is 19.3 Å². The van der Waals surface area contributed by atoms with Crippen LogP contribution in [0.2, 0.25) is 5.02 Å². The molecule has 3 aromatic rings. The van der Waals surface area contributed by atoms with Gasteiger partial charge in [-0.15, -0.1) is 6.58 Å². The largest absolute Gasteiger partial charge is 0.506 e. The zero-order valence-electron chi connectivity index (χ0n) is 22.4. The molecule has 6 nitrogen and oxygen atoms in total. The Kier molecular flexibility index (Phi) is 10.1. The van der Waals surface area contributed by atoms with E-state index in [1.54, 1.807) is 19.1 Å². The van der Waals surface area contributed by atoms with E-state index in [1.807, 2.05) is 73.7 Å². The third kappa shape index (κ3) is 7.17. The lowest BCUT2D eigenvalue weighted by Crippen LogP contribution is -2.12. The number of aliphatic imine (C=N–C) groups is 1. The number of hydrogen-bond acceptors (Lipinski definition) is 7. The Labute approximate surface area is 243 Å². The summed E-state index contributed by atoms with van der Waals surface area (Å²) in [6.07, 6.45) is 4.13. The number of carbonyl (C=O) groups is 1. The van der Waals surface area contributed by atoms with E-state index >= 15 is 0 Å². The Balaban J connectivity index is 1.73. The maximum Gasteiger partial charge on any atom is 0.344 e. The second kappa shape index (κ2) is 13.9. The number of halogens is 1. The first-order chi connectivity index (χ1) is 19.4. The number of benzene rings is 3. The number of ether oxygens (including phenoxy) is 3. The van der Waals surface area contributed by atoms with Crippen molar-refractivity contribution in [1.29, 1.82) is 0 Å². The summed E-state index contributed by atoms with van der Waals surface area (Å²) in [7, 11) is 0. The monoisotopic (exact) mass is 575 g/mol. The molecule has 0 fully saturated rings. The number of esters is 1. The molecule has 0 aliphatic carbocycles. The molecule has 1 N–H and O–H groups in total. The van der Waals surface area contributed by atoms with Gasteiger partial charge in [-0.1, -0.05) is 59.8 Å². The molecule has 0 aromatic heterocycles. The van der Waals surface area contributed by atoms with Gasteiger partial charge in [0.15, 0.2) is 11.5 Å². The zero-order valence-corrected chi connectivity index (χ0v) is 23.9. The average molecular weight is 576 g/mol. The molecule has 3 aromatic carbocycles. The van der Waals surface area contributed by atoms with Gasteiger partial charge in [-0.3, -0.25) is 0 Å². The number of carbonyl (C=O) groups excluding carboxylic acids is 1. The first-order valence-electron chi connectivity index (χ1n) is 12.9. The molecule has 0 unspecified atom stereocenters. The molecule has 8 heteroatoms. The summed E-state index contributed by atoms with van der Waals surface area (Å²) < 4.78 is 17.4. The van der Waals surface area contributed by atoms with Gasteiger partial charge in [-0.25, -0.2) is 9.79 Å². The fourth-order valence-corrected chi connectivity index (χ4v) is 5.16. The van der Waals surface area contributed by atoms with Crippen molar-refractivity contribution in [2.45, 2.75) is 26.9 Å². The van der Waals surface area contributed by atoms with E-state index in [0.29, 0.717) is 51.8 Å². The highest BCUT2D eigenvalue weighted by Crippen LogP contribution is 2.42. The molecule has 0 amide bonds. The van der Waals surface area contributed by atoms with Gasteiger partial charge in [0.1, 0.15) is 23.0 Å². The van der Waals surface area contributed by atoms with Crippen LogP contribution in [0.15, 0.2) is 101 Å². The van der Waals surface area contributed by atoms with Crippen LogP contribution in [0, 0.1) is 0 Å². The summed E-state index contributed by atoms with van der Waals surface area (Å²) >= 11 is 7.22. The number of aliphatic hydroxyl groups excluding tert-OH is 1. The topological polar surface area (TPSA) is 77.4 Å². The van der Waals surface area contributed by atoms with E-state index in [4.69, 9.17) is 25.8 Å². The molecule has 0 atom stereocenters. The highest BCUT2D eigenvalue weighted by atomic mass is 35.5. The predicted molar refractivity (Wildman–Crippen MR) is 163 cm³/mol. The van der Waals surface area contributed by atoms with Crippen LogP contribution in [0.25, 0.3) is 6.08 Å². The Morgan fingerprint density at radius 1 is 1.05 bits per heavy atom. The van der Waals surface area contributed by atoms with Crippen molar-refractivity contribution in [2.24, 2.45) is 4.99 Å². The molecule has 1 aliphatic heterocycles. The van der Waals surface area contributed by atoms with Crippen molar-refractivity contribution < 1.29 is 24.1 Å². The molecule has 0 radical (unpaired) electrons. The fraction of sp³-hybridized carbons (Fsp3) is 0.188. The number of aliphatic hydroxyl groups is 1. The molecule has 0 spiro atoms. The number of allylic oxidation sites excluding steroid dienone is 1. The van der Waals surface area contributed by atoms with E-state index in [-0.39, 0.29) is 17.9 Å². The third-order valence-corrected chi connectivity index (χ3v) is 7.04. The lowest BCUT2D eigenvalue weighted by molar-refractivity contribution is -0.138. The summed E-state index contributed by atoms with van der Waals surface area (Å²) in [6, 6.07) is 20.5. The van der Waals surface area contributed by atoms with Gasteiger partial charge in [0.05, 0.1) is 23.8 Å². The lowest BCUT2D eigenvalue weighted by atomic mass is 10.0. The molecule has 1 aliphatic rings. The maximum absolute atomic E-state index is 12.8. The van der Waals surface area contributed by atoms with Gasteiger partial charge in [-0.05, 0) is 73.9 Å². The Bertz CT molecular complexity index is 1460. The van der Waals surface area contributed by atoms with Crippen molar-refractivity contribution in [3.63, 3.8) is 0 Å². The highest BCUT2D eigenvalue weighted by molar-refractivity contribution is 8.18. The smallest absolute Gasteiger partial charge is 0.344 e. The number of thioether (sulfide) groups is 1. The molecule has 40 heavy (non-hydrogen) atoms. The molecular formula is C32H30ClNO5S. The van der Waals surface area contributed by atoms with Crippen molar-refractivity contribution in [3.05, 3.63) is 117 Å². The quantitative estimate of drug-likeness (QED) is 0.183. The average Bonchev–Trinajstić information content (AvgIpc) is 3.24. The Hall–Kier alpha value is -3.94. The lowest BCUT2D eigenvalue weighted by Gasteiger charge is -2.17. The minimum absolute atomic E-state index is 0.0428. The van der Waals surface area contributed by atoms with Crippen LogP contribution in [0.1, 0.15) is 30.5 Å². The van der Waals surface area contributed by atoms with Crippen LogP contribution in [0.4, 0.5) is 5.69 Å². The first-order valence-corrected chi connectivity index (χ1v) is 14.0. The molecule has 0 saturated carbocycles. The first kappa shape index (κ1) is 29.1. The van der Waals surface area contributed by atoms with E-state index in [9.17, 15) is 9.90 Å². The van der Waals surface area contributed by atoms with Crippen molar-refractivity contribution >= 4 is 46.1 Å². The van der Waals surface area contributed by atoms with Crippen LogP contribution in [-0.2, 0) is 22.6 Å². The molecule has 0 saturated heterocycles. The summed E-state index contributed by atoms with van der Waals surface area (Å²) in [4.78, 5) is 17.8. The Morgan fingerprint density at radius 3 is 2.48 bits per heavy atom. The van der Waals surface area contributed by atoms with Crippen molar-refractivity contribution in [1.82, 2.24) is 0 Å². The maximum atomic E-state index is 12.8. The molecule has 206 valence electrons. The van der Waals surface area contributed by atoms with Crippen LogP contribution in [0.3, 0.4) is 0 Å². The highest BCUT2D eigenvalue weighted by Gasteiger charge is 2.33. The Morgan fingerprint density at radius 2 is 1.80 bits per heavy atom. The van der Waals surface area contributed by atoms with Crippen molar-refractivity contribution in [3.8, 4) is 11.5 Å². The van der Waals surface area contributed by atoms with E-state index in [1.165, 1.54) is 11.8 Å². The van der Waals surface area contributed by atoms with Gasteiger partial charge in [0.25, 0.3) is 0 Å². The SMILES string of the molecule is C=CCc1cc(/C=C2\SC(=Nc3ccccc3)C(C(=O)OCC)=C2O)cc(OCC)c1OCc1ccc(Cl)cc1. The minimum atomic E-state index is -0.626. The van der Waals surface area contributed by atoms with Crippen molar-refractivity contribution in [2.75, 3.05) is 13.2 Å². The standard InChI is InChI=1S/C32H30ClNO5S/c1-4-10-23-17-22(18-26(37-5-2)30(23)39-20-21-13-15-24(33)16-14-21)19-27-29(35)28(32(36)38-6-3)31(40-27)34-25-11-8-7-9-12-25/h4,7-9,11-19,35H,1,5-6,10,20H2,2-3H3/b27-19-,34-31?. The fourth-order valence-electron chi connectivity index (χ4n) is 4.00. The molecule has 4 rings (SSSR count). The van der Waals surface area contributed by atoms with Gasteiger partial charge in [-0.2, -0.15) is 0 Å². The van der Waals surface area contributed by atoms with Gasteiger partial charge >= 0.3 is 5.97 Å². The predicted octanol–water partition coefficient (Wildman–Crippen LogP) is 8.24. The number of hydrogen-bond donors (Lipinski definition) is 1. The molecular weight excluding hydrogens is 546 g/mol. The van der Waals surface area contributed by atoms with Gasteiger partial charge in [0, 0.05) is 10.6 Å². The number of rotatable bonds is 11. The van der Waals surface area contributed by atoms with Gasteiger partial charge in [0.2, 0.25) is 0 Å². The zero-order chi connectivity index (χ0) is 28.5. The van der Waals surface area contributed by atoms with E-state index in [2.05, 4.69) is 11.6 Å².